The van der Waals surface area contributed by atoms with Crippen LogP contribution < -0.4 is 5.32 Å². The molecule has 0 saturated carbocycles. The van der Waals surface area contributed by atoms with E-state index in [2.05, 4.69) is 53.8 Å². The fourth-order valence-corrected chi connectivity index (χ4v) is 7.39. The van der Waals surface area contributed by atoms with Crippen LogP contribution in [0.15, 0.2) is 48.5 Å². The topological polar surface area (TPSA) is 66.5 Å². The van der Waals surface area contributed by atoms with E-state index in [9.17, 15) is 13.2 Å². The molecule has 4 aliphatic rings. The van der Waals surface area contributed by atoms with Crippen molar-refractivity contribution in [1.29, 1.82) is 0 Å². The molecule has 3 aliphatic carbocycles. The Morgan fingerprint density at radius 3 is 2.13 bits per heavy atom. The van der Waals surface area contributed by atoms with E-state index in [0.29, 0.717) is 43.8 Å². The van der Waals surface area contributed by atoms with Crippen molar-refractivity contribution in [3.8, 4) is 0 Å². The zero-order valence-electron chi connectivity index (χ0n) is 17.8. The van der Waals surface area contributed by atoms with Crippen LogP contribution in [-0.4, -0.2) is 44.0 Å². The molecule has 2 aromatic rings. The summed E-state index contributed by atoms with van der Waals surface area (Å²) in [5.41, 5.74) is 5.66. The number of rotatable bonds is 7. The Morgan fingerprint density at radius 2 is 1.52 bits per heavy atom. The fourth-order valence-electron chi connectivity index (χ4n) is 5.80. The van der Waals surface area contributed by atoms with Crippen LogP contribution in [0.1, 0.15) is 66.2 Å². The first-order chi connectivity index (χ1) is 15.0. The number of nitrogens with one attached hydrogen (secondary N) is 1. The van der Waals surface area contributed by atoms with Crippen LogP contribution in [0.4, 0.5) is 0 Å². The van der Waals surface area contributed by atoms with E-state index in [1.807, 2.05) is 0 Å². The number of benzene rings is 2. The summed E-state index contributed by atoms with van der Waals surface area (Å²) in [7, 11) is -3.21. The Bertz CT molecular complexity index is 1030. The minimum absolute atomic E-state index is 0.0420. The average Bonchev–Trinajstić information content (AvgIpc) is 3.34. The smallest absolute Gasteiger partial charge is 0.220 e. The van der Waals surface area contributed by atoms with E-state index < -0.39 is 10.0 Å². The molecule has 1 N–H and O–H groups in total. The largest absolute Gasteiger partial charge is 0.356 e. The van der Waals surface area contributed by atoms with Crippen LogP contribution in [0.2, 0.25) is 0 Å². The van der Waals surface area contributed by atoms with Crippen LogP contribution in [0.25, 0.3) is 0 Å². The third kappa shape index (κ3) is 3.92. The predicted octanol–water partition coefficient (Wildman–Crippen LogP) is 3.61. The second kappa shape index (κ2) is 8.40. The molecular weight excluding hydrogens is 408 g/mol. The van der Waals surface area contributed by atoms with Gasteiger partial charge in [-0.25, -0.2) is 12.7 Å². The second-order valence-electron chi connectivity index (χ2n) is 9.11. The first-order valence-electron chi connectivity index (χ1n) is 11.5. The molecule has 31 heavy (non-hydrogen) atoms. The summed E-state index contributed by atoms with van der Waals surface area (Å²) in [5.74, 6) is 1.10. The summed E-state index contributed by atoms with van der Waals surface area (Å²) >= 11 is 0. The third-order valence-corrected chi connectivity index (χ3v) is 9.21. The quantitative estimate of drug-likeness (QED) is 0.718. The molecule has 6 rings (SSSR count). The van der Waals surface area contributed by atoms with E-state index >= 15 is 0 Å². The molecule has 1 amide bonds. The molecule has 2 bridgehead atoms. The molecular formula is C25H30N2O3S. The van der Waals surface area contributed by atoms with Gasteiger partial charge >= 0.3 is 0 Å². The Morgan fingerprint density at radius 1 is 0.935 bits per heavy atom. The van der Waals surface area contributed by atoms with Crippen molar-refractivity contribution < 1.29 is 13.2 Å². The predicted molar refractivity (Wildman–Crippen MR) is 122 cm³/mol. The lowest BCUT2D eigenvalue weighted by Gasteiger charge is -2.45. The molecule has 0 radical (unpaired) electrons. The van der Waals surface area contributed by atoms with Gasteiger partial charge in [-0.15, -0.1) is 0 Å². The minimum Gasteiger partial charge on any atom is -0.356 e. The van der Waals surface area contributed by atoms with Gasteiger partial charge < -0.3 is 5.32 Å². The van der Waals surface area contributed by atoms with Gasteiger partial charge in [0.15, 0.2) is 0 Å². The summed E-state index contributed by atoms with van der Waals surface area (Å²) in [6, 6.07) is 17.4. The SMILES string of the molecule is O=C(CCCS(=O)(=O)N1CCCC1)NCC1CC2c3ccccc3C1c1ccccc12. The van der Waals surface area contributed by atoms with Crippen molar-refractivity contribution >= 4 is 15.9 Å². The molecule has 1 heterocycles. The van der Waals surface area contributed by atoms with Gasteiger partial charge in [0.25, 0.3) is 0 Å². The van der Waals surface area contributed by atoms with Crippen molar-refractivity contribution in [1.82, 2.24) is 9.62 Å². The number of carbonyl (C=O) groups excluding carboxylic acids is 1. The molecule has 1 aliphatic heterocycles. The summed E-state index contributed by atoms with van der Waals surface area (Å²) in [6.45, 7) is 1.89. The Hall–Kier alpha value is -2.18. The number of carbonyl (C=O) groups is 1. The molecule has 1 fully saturated rings. The van der Waals surface area contributed by atoms with Crippen molar-refractivity contribution in [2.75, 3.05) is 25.4 Å². The van der Waals surface area contributed by atoms with Gasteiger partial charge in [-0.2, -0.15) is 0 Å². The fraction of sp³-hybridized carbons (Fsp3) is 0.480. The normalized spacial score (nSPS) is 24.6. The molecule has 1 unspecified atom stereocenters. The van der Waals surface area contributed by atoms with Gasteiger partial charge in [-0.3, -0.25) is 4.79 Å². The maximum atomic E-state index is 12.5. The lowest BCUT2D eigenvalue weighted by molar-refractivity contribution is -0.121. The monoisotopic (exact) mass is 438 g/mol. The zero-order chi connectivity index (χ0) is 21.4. The lowest BCUT2D eigenvalue weighted by Crippen LogP contribution is -2.39. The van der Waals surface area contributed by atoms with E-state index in [1.165, 1.54) is 22.3 Å². The van der Waals surface area contributed by atoms with Gasteiger partial charge in [-0.1, -0.05) is 48.5 Å². The molecule has 164 valence electrons. The van der Waals surface area contributed by atoms with E-state index in [-0.39, 0.29) is 18.1 Å². The average molecular weight is 439 g/mol. The highest BCUT2D eigenvalue weighted by atomic mass is 32.2. The zero-order valence-corrected chi connectivity index (χ0v) is 18.6. The summed E-state index contributed by atoms with van der Waals surface area (Å²) in [5, 5.41) is 3.11. The molecule has 0 spiro atoms. The molecule has 5 nitrogen and oxygen atoms in total. The first-order valence-corrected chi connectivity index (χ1v) is 13.1. The van der Waals surface area contributed by atoms with Crippen molar-refractivity contribution in [3.05, 3.63) is 70.8 Å². The third-order valence-electron chi connectivity index (χ3n) is 7.25. The van der Waals surface area contributed by atoms with Crippen molar-refractivity contribution in [3.63, 3.8) is 0 Å². The molecule has 6 heteroatoms. The summed E-state index contributed by atoms with van der Waals surface area (Å²) in [6.07, 6.45) is 3.57. The number of amides is 1. The Labute approximate surface area is 184 Å². The van der Waals surface area contributed by atoms with E-state index in [1.54, 1.807) is 4.31 Å². The van der Waals surface area contributed by atoms with Gasteiger partial charge in [0.2, 0.25) is 15.9 Å². The summed E-state index contributed by atoms with van der Waals surface area (Å²) < 4.78 is 26.2. The van der Waals surface area contributed by atoms with Crippen LogP contribution in [0.5, 0.6) is 0 Å². The highest BCUT2D eigenvalue weighted by Crippen LogP contribution is 2.55. The van der Waals surface area contributed by atoms with Crippen molar-refractivity contribution in [2.45, 2.75) is 43.9 Å². The first kappa shape index (κ1) is 20.7. The standard InChI is InChI=1S/C25H30N2O3S/c28-24(12-7-15-31(29,30)27-13-5-6-14-27)26-17-18-16-23-19-8-1-3-10-21(19)25(18)22-11-4-2-9-20(22)23/h1-4,8-11,18,23,25H,5-7,12-17H2,(H,26,28). The highest BCUT2D eigenvalue weighted by Gasteiger charge is 2.42. The molecule has 1 atom stereocenters. The van der Waals surface area contributed by atoms with Gasteiger partial charge in [0, 0.05) is 37.9 Å². The summed E-state index contributed by atoms with van der Waals surface area (Å²) in [4.78, 5) is 12.5. The number of sulfonamides is 1. The van der Waals surface area contributed by atoms with Gasteiger partial charge in [-0.05, 0) is 53.9 Å². The second-order valence-corrected chi connectivity index (χ2v) is 11.2. The highest BCUT2D eigenvalue weighted by molar-refractivity contribution is 7.89. The number of nitrogens with zero attached hydrogens (tertiary/aromatic N) is 1. The van der Waals surface area contributed by atoms with Crippen LogP contribution in [0.3, 0.4) is 0 Å². The van der Waals surface area contributed by atoms with Crippen LogP contribution in [0, 0.1) is 5.92 Å². The molecule has 0 aromatic heterocycles. The Kier molecular flexibility index (Phi) is 5.61. The number of fused-ring (bicyclic) bond motifs is 1. The lowest BCUT2D eigenvalue weighted by atomic mass is 9.59. The maximum Gasteiger partial charge on any atom is 0.220 e. The van der Waals surface area contributed by atoms with Crippen LogP contribution >= 0.6 is 0 Å². The van der Waals surface area contributed by atoms with Gasteiger partial charge in [0.05, 0.1) is 5.75 Å². The van der Waals surface area contributed by atoms with Gasteiger partial charge in [0.1, 0.15) is 0 Å². The molecule has 1 saturated heterocycles. The number of hydrogen-bond donors (Lipinski definition) is 1. The molecule has 2 aromatic carbocycles. The van der Waals surface area contributed by atoms with Crippen molar-refractivity contribution in [2.24, 2.45) is 5.92 Å². The maximum absolute atomic E-state index is 12.5. The minimum atomic E-state index is -3.21. The van der Waals surface area contributed by atoms with E-state index in [4.69, 9.17) is 0 Å². The number of hydrogen-bond acceptors (Lipinski definition) is 3. The van der Waals surface area contributed by atoms with E-state index in [0.717, 1.165) is 19.3 Å². The van der Waals surface area contributed by atoms with Crippen LogP contribution in [-0.2, 0) is 14.8 Å². The Balaban J connectivity index is 1.20.